The molecule has 114 valence electrons. The number of hydrogen-bond donors (Lipinski definition) is 2. The number of aromatic hydroxyl groups is 2. The number of benzene rings is 2. The van der Waals surface area contributed by atoms with Gasteiger partial charge in [0.2, 0.25) is 0 Å². The molecule has 0 saturated carbocycles. The number of hydrogen-bond acceptors (Lipinski definition) is 5. The van der Waals surface area contributed by atoms with Gasteiger partial charge in [-0.1, -0.05) is 6.07 Å². The van der Waals surface area contributed by atoms with Crippen molar-refractivity contribution in [1.82, 2.24) is 0 Å². The van der Waals surface area contributed by atoms with Crippen LogP contribution in [0, 0.1) is 6.92 Å². The Kier molecular flexibility index (Phi) is 4.46. The molecule has 22 heavy (non-hydrogen) atoms. The number of methoxy groups -OCH3 is 1. The van der Waals surface area contributed by atoms with Crippen LogP contribution < -0.4 is 0 Å². The van der Waals surface area contributed by atoms with E-state index in [1.165, 1.54) is 19.2 Å². The zero-order chi connectivity index (χ0) is 16.3. The van der Waals surface area contributed by atoms with Gasteiger partial charge >= 0.3 is 5.97 Å². The fourth-order valence-corrected chi connectivity index (χ4v) is 2.16. The first-order chi connectivity index (χ1) is 10.4. The van der Waals surface area contributed by atoms with Crippen LogP contribution >= 0.6 is 0 Å². The molecule has 0 aliphatic rings. The number of phenols is 2. The van der Waals surface area contributed by atoms with Crippen LogP contribution in [0.25, 0.3) is 0 Å². The molecule has 2 aromatic carbocycles. The van der Waals surface area contributed by atoms with Gasteiger partial charge in [-0.2, -0.15) is 0 Å². The Morgan fingerprint density at radius 2 is 1.82 bits per heavy atom. The van der Waals surface area contributed by atoms with Crippen molar-refractivity contribution in [2.75, 3.05) is 7.11 Å². The zero-order valence-corrected chi connectivity index (χ0v) is 12.3. The average Bonchev–Trinajstić information content (AvgIpc) is 2.48. The van der Waals surface area contributed by atoms with Crippen molar-refractivity contribution in [2.45, 2.75) is 13.3 Å². The van der Waals surface area contributed by atoms with E-state index >= 15 is 0 Å². The smallest absolute Gasteiger partial charge is 0.337 e. The van der Waals surface area contributed by atoms with Gasteiger partial charge in [0.1, 0.15) is 11.5 Å². The molecule has 0 atom stereocenters. The van der Waals surface area contributed by atoms with Crippen LogP contribution in [0.3, 0.4) is 0 Å². The maximum Gasteiger partial charge on any atom is 0.337 e. The summed E-state index contributed by atoms with van der Waals surface area (Å²) >= 11 is 0. The van der Waals surface area contributed by atoms with Crippen molar-refractivity contribution in [2.24, 2.45) is 0 Å². The number of phenolic OH excluding ortho intramolecular Hbond substituents is 2. The molecule has 0 heterocycles. The average molecular weight is 300 g/mol. The molecule has 0 aliphatic heterocycles. The van der Waals surface area contributed by atoms with Crippen LogP contribution in [0.15, 0.2) is 36.4 Å². The second-order valence-electron chi connectivity index (χ2n) is 4.93. The van der Waals surface area contributed by atoms with E-state index in [0.29, 0.717) is 5.56 Å². The lowest BCUT2D eigenvalue weighted by Crippen LogP contribution is -2.07. The van der Waals surface area contributed by atoms with Gasteiger partial charge in [-0.25, -0.2) is 4.79 Å². The maximum absolute atomic E-state index is 12.2. The van der Waals surface area contributed by atoms with Crippen LogP contribution in [0.4, 0.5) is 0 Å². The summed E-state index contributed by atoms with van der Waals surface area (Å²) in [5, 5.41) is 19.0. The van der Waals surface area contributed by atoms with E-state index in [4.69, 9.17) is 0 Å². The maximum atomic E-state index is 12.2. The van der Waals surface area contributed by atoms with Gasteiger partial charge in [-0.3, -0.25) is 4.79 Å². The van der Waals surface area contributed by atoms with Gasteiger partial charge < -0.3 is 14.9 Å². The van der Waals surface area contributed by atoms with Crippen molar-refractivity contribution in [3.05, 3.63) is 58.7 Å². The predicted octanol–water partition coefficient (Wildman–Crippen LogP) is 2.62. The van der Waals surface area contributed by atoms with E-state index in [0.717, 1.165) is 17.2 Å². The third-order valence-electron chi connectivity index (χ3n) is 3.40. The number of carbonyl (C=O) groups excluding carboxylic acids is 2. The van der Waals surface area contributed by atoms with Crippen LogP contribution in [0.2, 0.25) is 0 Å². The minimum Gasteiger partial charge on any atom is -0.508 e. The third kappa shape index (κ3) is 3.25. The van der Waals surface area contributed by atoms with Gasteiger partial charge in [-0.05, 0) is 42.3 Å². The molecule has 0 aromatic heterocycles. The lowest BCUT2D eigenvalue weighted by molar-refractivity contribution is 0.0600. The minimum absolute atomic E-state index is 0.0889. The molecule has 0 aliphatic carbocycles. The molecule has 2 rings (SSSR count). The van der Waals surface area contributed by atoms with Crippen molar-refractivity contribution in [3.8, 4) is 11.5 Å². The van der Waals surface area contributed by atoms with Gasteiger partial charge in [0, 0.05) is 12.5 Å². The Bertz CT molecular complexity index is 734. The highest BCUT2D eigenvalue weighted by atomic mass is 16.5. The molecule has 5 nitrogen and oxygen atoms in total. The van der Waals surface area contributed by atoms with E-state index in [1.807, 2.05) is 0 Å². The Labute approximate surface area is 127 Å². The summed E-state index contributed by atoms with van der Waals surface area (Å²) in [7, 11) is 1.31. The first kappa shape index (κ1) is 15.6. The summed E-state index contributed by atoms with van der Waals surface area (Å²) in [6.07, 6.45) is 0.0889. The fraction of sp³-hybridized carbons (Fsp3) is 0.176. The molecule has 0 amide bonds. The Morgan fingerprint density at radius 3 is 2.41 bits per heavy atom. The van der Waals surface area contributed by atoms with Crippen LogP contribution in [-0.2, 0) is 11.2 Å². The SMILES string of the molecule is COC(=O)c1ccc(CC(=O)c2ccc(O)cc2O)c(C)c1. The lowest BCUT2D eigenvalue weighted by Gasteiger charge is -2.08. The summed E-state index contributed by atoms with van der Waals surface area (Å²) < 4.78 is 4.65. The summed E-state index contributed by atoms with van der Waals surface area (Å²) in [4.78, 5) is 23.7. The monoisotopic (exact) mass is 300 g/mol. The van der Waals surface area contributed by atoms with Gasteiger partial charge in [0.25, 0.3) is 0 Å². The highest BCUT2D eigenvalue weighted by Gasteiger charge is 2.15. The van der Waals surface area contributed by atoms with E-state index < -0.39 is 5.97 Å². The number of rotatable bonds is 4. The van der Waals surface area contributed by atoms with Crippen molar-refractivity contribution < 1.29 is 24.5 Å². The van der Waals surface area contributed by atoms with E-state index in [-0.39, 0.29) is 29.3 Å². The van der Waals surface area contributed by atoms with Crippen molar-refractivity contribution in [3.63, 3.8) is 0 Å². The van der Waals surface area contributed by atoms with Crippen molar-refractivity contribution in [1.29, 1.82) is 0 Å². The molecule has 2 N–H and O–H groups in total. The molecule has 0 fully saturated rings. The molecule has 0 saturated heterocycles. The van der Waals surface area contributed by atoms with E-state index in [1.54, 1.807) is 25.1 Å². The zero-order valence-electron chi connectivity index (χ0n) is 12.3. The number of esters is 1. The first-order valence-corrected chi connectivity index (χ1v) is 6.65. The quantitative estimate of drug-likeness (QED) is 0.670. The molecule has 2 aromatic rings. The third-order valence-corrected chi connectivity index (χ3v) is 3.40. The largest absolute Gasteiger partial charge is 0.508 e. The number of ether oxygens (including phenoxy) is 1. The number of aryl methyl sites for hydroxylation is 1. The number of carbonyl (C=O) groups is 2. The normalized spacial score (nSPS) is 10.3. The molecular formula is C17H16O5. The highest BCUT2D eigenvalue weighted by Crippen LogP contribution is 2.24. The van der Waals surface area contributed by atoms with Crippen LogP contribution in [0.5, 0.6) is 11.5 Å². The van der Waals surface area contributed by atoms with Gasteiger partial charge in [0.05, 0.1) is 18.2 Å². The van der Waals surface area contributed by atoms with Gasteiger partial charge in [0.15, 0.2) is 5.78 Å². The summed E-state index contributed by atoms with van der Waals surface area (Å²) in [5.74, 6) is -1.06. The summed E-state index contributed by atoms with van der Waals surface area (Å²) in [5.41, 5.74) is 2.11. The van der Waals surface area contributed by atoms with E-state index in [9.17, 15) is 19.8 Å². The molecule has 0 radical (unpaired) electrons. The fourth-order valence-electron chi connectivity index (χ4n) is 2.16. The molecule has 0 bridgehead atoms. The Hall–Kier alpha value is -2.82. The Balaban J connectivity index is 2.23. The molecule has 0 spiro atoms. The van der Waals surface area contributed by atoms with Gasteiger partial charge in [-0.15, -0.1) is 0 Å². The second kappa shape index (κ2) is 6.30. The highest BCUT2D eigenvalue weighted by molar-refractivity contribution is 6.00. The van der Waals surface area contributed by atoms with Crippen molar-refractivity contribution >= 4 is 11.8 Å². The van der Waals surface area contributed by atoms with Crippen LogP contribution in [-0.4, -0.2) is 29.1 Å². The molecule has 5 heteroatoms. The predicted molar refractivity (Wildman–Crippen MR) is 80.3 cm³/mol. The lowest BCUT2D eigenvalue weighted by atomic mass is 9.97. The molecule has 0 unspecified atom stereocenters. The van der Waals surface area contributed by atoms with E-state index in [2.05, 4.69) is 4.74 Å². The first-order valence-electron chi connectivity index (χ1n) is 6.65. The second-order valence-corrected chi connectivity index (χ2v) is 4.93. The summed E-state index contributed by atoms with van der Waals surface area (Å²) in [6, 6.07) is 8.80. The standard InChI is InChI=1S/C17H16O5/c1-10-7-12(17(21)22-2)4-3-11(10)8-15(19)14-6-5-13(18)9-16(14)20/h3-7,9,18,20H,8H2,1-2H3. The number of Topliss-reactive ketones (excluding diaryl/α,β-unsaturated/α-hetero) is 1. The summed E-state index contributed by atoms with van der Waals surface area (Å²) in [6.45, 7) is 1.80. The Morgan fingerprint density at radius 1 is 1.09 bits per heavy atom. The van der Waals surface area contributed by atoms with Crippen LogP contribution in [0.1, 0.15) is 31.8 Å². The minimum atomic E-state index is -0.433. The number of ketones is 1. The topological polar surface area (TPSA) is 83.8 Å². The molecular weight excluding hydrogens is 284 g/mol.